The van der Waals surface area contributed by atoms with E-state index in [4.69, 9.17) is 15.0 Å². The van der Waals surface area contributed by atoms with Gasteiger partial charge in [-0.15, -0.1) is 11.3 Å². The number of allylic oxidation sites excluding steroid dienone is 4. The van der Waals surface area contributed by atoms with E-state index in [0.29, 0.717) is 11.8 Å². The molecule has 2 unspecified atom stereocenters. The number of nitrogens with zero attached hydrogens (tertiary/aromatic N) is 4. The Labute approximate surface area is 281 Å². The molecular formula is C43H28N4S. The summed E-state index contributed by atoms with van der Waals surface area (Å²) in [5.74, 6) is 2.11. The second kappa shape index (κ2) is 10.8. The van der Waals surface area contributed by atoms with E-state index in [-0.39, 0.29) is 11.8 Å². The van der Waals surface area contributed by atoms with Gasteiger partial charge in [0.05, 0.1) is 11.0 Å². The number of thiophene rings is 1. The van der Waals surface area contributed by atoms with Crippen molar-refractivity contribution < 1.29 is 0 Å². The molecule has 0 bridgehead atoms. The minimum absolute atomic E-state index is 0.0557. The summed E-state index contributed by atoms with van der Waals surface area (Å²) in [6.45, 7) is 0. The van der Waals surface area contributed by atoms with E-state index in [1.807, 2.05) is 11.3 Å². The third-order valence-electron chi connectivity index (χ3n) is 9.64. The second-order valence-corrected chi connectivity index (χ2v) is 13.5. The van der Waals surface area contributed by atoms with Gasteiger partial charge in [0, 0.05) is 48.3 Å². The summed E-state index contributed by atoms with van der Waals surface area (Å²) in [6.07, 6.45) is 8.74. The van der Waals surface area contributed by atoms with E-state index in [9.17, 15) is 0 Å². The lowest BCUT2D eigenvalue weighted by Gasteiger charge is -2.24. The Morgan fingerprint density at radius 3 is 2.08 bits per heavy atom. The molecule has 0 saturated heterocycles. The maximum atomic E-state index is 5.34. The summed E-state index contributed by atoms with van der Waals surface area (Å²) in [4.78, 5) is 15.9. The van der Waals surface area contributed by atoms with Gasteiger partial charge < -0.3 is 0 Å². The molecule has 0 N–H and O–H groups in total. The van der Waals surface area contributed by atoms with Gasteiger partial charge in [0.25, 0.3) is 0 Å². The number of fused-ring (bicyclic) bond motifs is 7. The van der Waals surface area contributed by atoms with Gasteiger partial charge in [0.15, 0.2) is 5.82 Å². The van der Waals surface area contributed by atoms with Crippen LogP contribution < -0.4 is 0 Å². The summed E-state index contributed by atoms with van der Waals surface area (Å²) in [6, 6.07) is 47.6. The van der Waals surface area contributed by atoms with Crippen LogP contribution in [0.3, 0.4) is 0 Å². The van der Waals surface area contributed by atoms with Crippen molar-refractivity contribution in [2.24, 2.45) is 0 Å². The Balaban J connectivity index is 1.24. The van der Waals surface area contributed by atoms with Crippen LogP contribution in [0.15, 0.2) is 158 Å². The van der Waals surface area contributed by atoms with Gasteiger partial charge in [-0.2, -0.15) is 9.97 Å². The lowest BCUT2D eigenvalue weighted by molar-refractivity contribution is 0.672. The maximum absolute atomic E-state index is 5.34. The van der Waals surface area contributed by atoms with E-state index < -0.39 is 0 Å². The van der Waals surface area contributed by atoms with Gasteiger partial charge in [-0.25, -0.2) is 4.98 Å². The van der Waals surface area contributed by atoms with Gasteiger partial charge in [-0.1, -0.05) is 127 Å². The van der Waals surface area contributed by atoms with Gasteiger partial charge in [-0.3, -0.25) is 4.57 Å². The zero-order valence-corrected chi connectivity index (χ0v) is 26.7. The Morgan fingerprint density at radius 1 is 0.500 bits per heavy atom. The van der Waals surface area contributed by atoms with Crippen LogP contribution in [0.25, 0.3) is 70.1 Å². The maximum Gasteiger partial charge on any atom is 0.238 e. The van der Waals surface area contributed by atoms with Crippen LogP contribution in [-0.4, -0.2) is 19.5 Å². The van der Waals surface area contributed by atoms with Crippen LogP contribution in [0.5, 0.6) is 0 Å². The number of hydrogen-bond donors (Lipinski definition) is 0. The van der Waals surface area contributed by atoms with Gasteiger partial charge in [0.1, 0.15) is 5.82 Å². The Morgan fingerprint density at radius 2 is 1.21 bits per heavy atom. The molecular weight excluding hydrogens is 605 g/mol. The van der Waals surface area contributed by atoms with Crippen LogP contribution >= 0.6 is 11.3 Å². The summed E-state index contributed by atoms with van der Waals surface area (Å²) in [5.41, 5.74) is 4.37. The molecule has 1 aliphatic rings. The summed E-state index contributed by atoms with van der Waals surface area (Å²) in [7, 11) is 0. The molecule has 9 aromatic rings. The lowest BCUT2D eigenvalue weighted by Crippen LogP contribution is -2.16. The van der Waals surface area contributed by atoms with Crippen molar-refractivity contribution >= 4 is 64.1 Å². The molecule has 0 spiro atoms. The molecule has 0 amide bonds. The molecule has 0 radical (unpaired) electrons. The van der Waals surface area contributed by atoms with Crippen LogP contribution in [0.4, 0.5) is 0 Å². The Hall–Kier alpha value is -5.91. The average molecular weight is 633 g/mol. The summed E-state index contributed by atoms with van der Waals surface area (Å²) < 4.78 is 4.73. The average Bonchev–Trinajstić information content (AvgIpc) is 3.69. The zero-order valence-electron chi connectivity index (χ0n) is 25.9. The van der Waals surface area contributed by atoms with E-state index in [1.54, 1.807) is 0 Å². The molecule has 0 fully saturated rings. The molecule has 10 rings (SSSR count). The van der Waals surface area contributed by atoms with Crippen molar-refractivity contribution in [1.29, 1.82) is 0 Å². The Kier molecular flexibility index (Phi) is 6.14. The molecule has 0 saturated carbocycles. The number of aromatic nitrogens is 4. The quantitative estimate of drug-likeness (QED) is 0.194. The van der Waals surface area contributed by atoms with Gasteiger partial charge >= 0.3 is 0 Å². The van der Waals surface area contributed by atoms with Crippen molar-refractivity contribution in [3.63, 3.8) is 0 Å². The molecule has 1 aliphatic carbocycles. The predicted octanol–water partition coefficient (Wildman–Crippen LogP) is 11.2. The van der Waals surface area contributed by atoms with Gasteiger partial charge in [0.2, 0.25) is 5.95 Å². The zero-order chi connectivity index (χ0) is 31.6. The van der Waals surface area contributed by atoms with Crippen LogP contribution in [-0.2, 0) is 0 Å². The molecule has 4 nitrogen and oxygen atoms in total. The van der Waals surface area contributed by atoms with Gasteiger partial charge in [-0.05, 0) is 46.7 Å². The lowest BCUT2D eigenvalue weighted by atomic mass is 9.82. The number of rotatable bonds is 4. The topological polar surface area (TPSA) is 43.6 Å². The second-order valence-electron chi connectivity index (χ2n) is 12.4. The first-order chi connectivity index (χ1) is 23.8. The fourth-order valence-electron chi connectivity index (χ4n) is 7.34. The highest BCUT2D eigenvalue weighted by Crippen LogP contribution is 2.40. The first-order valence-corrected chi connectivity index (χ1v) is 17.1. The number of para-hydroxylation sites is 1. The van der Waals surface area contributed by atoms with E-state index in [1.165, 1.54) is 47.3 Å². The van der Waals surface area contributed by atoms with Crippen LogP contribution in [0.2, 0.25) is 0 Å². The van der Waals surface area contributed by atoms with Crippen molar-refractivity contribution in [2.45, 2.75) is 11.8 Å². The molecule has 48 heavy (non-hydrogen) atoms. The monoisotopic (exact) mass is 632 g/mol. The van der Waals surface area contributed by atoms with Crippen molar-refractivity contribution in [1.82, 2.24) is 19.5 Å². The molecule has 3 heterocycles. The van der Waals surface area contributed by atoms with E-state index in [0.717, 1.165) is 22.4 Å². The first-order valence-electron chi connectivity index (χ1n) is 16.3. The van der Waals surface area contributed by atoms with E-state index in [2.05, 4.69) is 162 Å². The first kappa shape index (κ1) is 27.2. The van der Waals surface area contributed by atoms with Crippen molar-refractivity contribution in [2.75, 3.05) is 0 Å². The third kappa shape index (κ3) is 4.32. The number of hydrogen-bond acceptors (Lipinski definition) is 4. The third-order valence-corrected chi connectivity index (χ3v) is 10.8. The number of benzene rings is 6. The predicted molar refractivity (Wildman–Crippen MR) is 200 cm³/mol. The van der Waals surface area contributed by atoms with Crippen molar-refractivity contribution in [3.05, 3.63) is 169 Å². The SMILES string of the molecule is C1=CC(c2ccccc2)C(c2nc(-c3ccc4c(c3)sc3ccccc34)nc(-n3c4ccccc4c4cc5ccccc5cc43)n2)C=C1. The Bertz CT molecular complexity index is 2750. The highest BCUT2D eigenvalue weighted by molar-refractivity contribution is 7.25. The van der Waals surface area contributed by atoms with Crippen LogP contribution in [0, 0.1) is 0 Å². The fraction of sp³-hybridized carbons (Fsp3) is 0.0465. The molecule has 5 heteroatoms. The molecule has 3 aromatic heterocycles. The smallest absolute Gasteiger partial charge is 0.238 e. The molecule has 2 atom stereocenters. The highest BCUT2D eigenvalue weighted by Gasteiger charge is 2.27. The molecule has 6 aromatic carbocycles. The van der Waals surface area contributed by atoms with Crippen molar-refractivity contribution in [3.8, 4) is 17.3 Å². The standard InChI is InChI=1S/C43H28N4S/c1-2-12-27(13-3-1)31-16-6-7-19-35(31)42-44-41(30-22-23-34-33-18-9-11-21-39(33)48-40(34)26-30)45-43(46-42)47-37-20-10-8-17-32(37)36-24-28-14-4-5-15-29(28)25-38(36)47/h1-26,31,35H. The normalized spacial score (nSPS) is 16.2. The summed E-state index contributed by atoms with van der Waals surface area (Å²) in [5, 5.41) is 7.30. The molecule has 226 valence electrons. The minimum Gasteiger partial charge on any atom is -0.278 e. The van der Waals surface area contributed by atoms with E-state index >= 15 is 0 Å². The summed E-state index contributed by atoms with van der Waals surface area (Å²) >= 11 is 1.81. The van der Waals surface area contributed by atoms with Crippen LogP contribution in [0.1, 0.15) is 23.2 Å². The fourth-order valence-corrected chi connectivity index (χ4v) is 8.49. The largest absolute Gasteiger partial charge is 0.278 e. The molecule has 0 aliphatic heterocycles. The minimum atomic E-state index is -0.0557. The highest BCUT2D eigenvalue weighted by atomic mass is 32.1.